The quantitative estimate of drug-likeness (QED) is 0.452. The Bertz CT molecular complexity index is 147. The molecule has 0 saturated heterocycles. The summed E-state index contributed by atoms with van der Waals surface area (Å²) in [6.07, 6.45) is 1.57. The lowest BCUT2D eigenvalue weighted by Crippen LogP contribution is -2.36. The zero-order valence-electron chi connectivity index (χ0n) is 8.82. The smallest absolute Gasteiger partial charge is 0.225 e. The summed E-state index contributed by atoms with van der Waals surface area (Å²) in [7, 11) is 0. The first-order valence-corrected chi connectivity index (χ1v) is 5.01. The average molecular weight is 188 g/mol. The zero-order chi connectivity index (χ0) is 10.3. The van der Waals surface area contributed by atoms with Crippen LogP contribution in [0, 0.1) is 10.1 Å². The highest BCUT2D eigenvalue weighted by Gasteiger charge is 2.20. The van der Waals surface area contributed by atoms with Crippen LogP contribution >= 0.6 is 0 Å². The summed E-state index contributed by atoms with van der Waals surface area (Å²) >= 11 is 0. The van der Waals surface area contributed by atoms with Gasteiger partial charge in [-0.3, -0.25) is 15.0 Å². The van der Waals surface area contributed by atoms with Gasteiger partial charge in [-0.2, -0.15) is 0 Å². The van der Waals surface area contributed by atoms with Crippen molar-refractivity contribution in [1.29, 1.82) is 0 Å². The lowest BCUT2D eigenvalue weighted by Gasteiger charge is -2.19. The van der Waals surface area contributed by atoms with Crippen molar-refractivity contribution in [2.24, 2.45) is 0 Å². The maximum atomic E-state index is 10.6. The Hall–Kier alpha value is -0.640. The summed E-state index contributed by atoms with van der Waals surface area (Å²) in [5, 5.41) is 10.6. The van der Waals surface area contributed by atoms with Gasteiger partial charge in [0.05, 0.1) is 6.54 Å². The molecule has 0 N–H and O–H groups in total. The molecule has 4 heteroatoms. The minimum Gasteiger partial charge on any atom is -0.297 e. The van der Waals surface area contributed by atoms with Crippen LogP contribution in [-0.2, 0) is 0 Å². The highest BCUT2D eigenvalue weighted by molar-refractivity contribution is 4.62. The van der Waals surface area contributed by atoms with Gasteiger partial charge in [0, 0.05) is 11.3 Å². The molecule has 0 radical (unpaired) electrons. The van der Waals surface area contributed by atoms with Gasteiger partial charge in [0.2, 0.25) is 6.04 Å². The van der Waals surface area contributed by atoms with Gasteiger partial charge in [-0.15, -0.1) is 0 Å². The first kappa shape index (κ1) is 12.4. The Kier molecular flexibility index (Phi) is 6.49. The van der Waals surface area contributed by atoms with Gasteiger partial charge in [0.15, 0.2) is 0 Å². The molecule has 1 unspecified atom stereocenters. The van der Waals surface area contributed by atoms with E-state index in [2.05, 4.69) is 4.90 Å². The third-order valence-electron chi connectivity index (χ3n) is 2.28. The lowest BCUT2D eigenvalue weighted by molar-refractivity contribution is -0.524. The number of nitro groups is 1. The van der Waals surface area contributed by atoms with Gasteiger partial charge in [-0.1, -0.05) is 20.8 Å². The van der Waals surface area contributed by atoms with Gasteiger partial charge in [0.1, 0.15) is 0 Å². The predicted octanol–water partition coefficient (Wildman–Crippen LogP) is 1.77. The Labute approximate surface area is 80.1 Å². The highest BCUT2D eigenvalue weighted by Crippen LogP contribution is 2.03. The fraction of sp³-hybridized carbons (Fsp3) is 1.00. The molecule has 4 nitrogen and oxygen atoms in total. The second kappa shape index (κ2) is 6.83. The van der Waals surface area contributed by atoms with Crippen LogP contribution in [0.25, 0.3) is 0 Å². The van der Waals surface area contributed by atoms with Gasteiger partial charge in [-0.05, 0) is 19.5 Å². The van der Waals surface area contributed by atoms with Crippen molar-refractivity contribution in [3.05, 3.63) is 10.1 Å². The van der Waals surface area contributed by atoms with Crippen molar-refractivity contribution < 1.29 is 4.92 Å². The van der Waals surface area contributed by atoms with E-state index in [0.717, 1.165) is 19.5 Å². The molecule has 0 aromatic rings. The monoisotopic (exact) mass is 188 g/mol. The largest absolute Gasteiger partial charge is 0.297 e. The van der Waals surface area contributed by atoms with E-state index in [1.165, 1.54) is 0 Å². The van der Waals surface area contributed by atoms with E-state index in [1.54, 1.807) is 0 Å². The number of hydrogen-bond acceptors (Lipinski definition) is 3. The Morgan fingerprint density at radius 2 is 1.85 bits per heavy atom. The molecule has 0 rings (SSSR count). The van der Waals surface area contributed by atoms with E-state index in [9.17, 15) is 10.1 Å². The molecular formula is C9H20N2O2. The molecule has 78 valence electrons. The molecule has 0 amide bonds. The van der Waals surface area contributed by atoms with E-state index < -0.39 is 0 Å². The van der Waals surface area contributed by atoms with Crippen molar-refractivity contribution in [2.45, 2.75) is 39.7 Å². The highest BCUT2D eigenvalue weighted by atomic mass is 16.6. The molecule has 0 fully saturated rings. The van der Waals surface area contributed by atoms with Crippen LogP contribution in [0.4, 0.5) is 0 Å². The van der Waals surface area contributed by atoms with Crippen molar-refractivity contribution in [3.8, 4) is 0 Å². The molecule has 0 aromatic heterocycles. The van der Waals surface area contributed by atoms with Crippen LogP contribution < -0.4 is 0 Å². The first-order chi connectivity index (χ1) is 6.15. The lowest BCUT2D eigenvalue weighted by atomic mass is 10.1. The van der Waals surface area contributed by atoms with Crippen LogP contribution in [-0.4, -0.2) is 35.5 Å². The predicted molar refractivity (Wildman–Crippen MR) is 53.5 cm³/mol. The molecule has 13 heavy (non-hydrogen) atoms. The fourth-order valence-electron chi connectivity index (χ4n) is 1.38. The molecule has 0 saturated carbocycles. The molecule has 0 heterocycles. The molecule has 0 aliphatic heterocycles. The Balaban J connectivity index is 3.99. The third kappa shape index (κ3) is 4.83. The summed E-state index contributed by atoms with van der Waals surface area (Å²) in [6, 6.07) is -0.384. The van der Waals surface area contributed by atoms with Crippen molar-refractivity contribution in [2.75, 3.05) is 19.6 Å². The summed E-state index contributed by atoms with van der Waals surface area (Å²) in [4.78, 5) is 12.6. The van der Waals surface area contributed by atoms with Gasteiger partial charge < -0.3 is 0 Å². The summed E-state index contributed by atoms with van der Waals surface area (Å²) in [5.41, 5.74) is 0. The summed E-state index contributed by atoms with van der Waals surface area (Å²) in [6.45, 7) is 8.43. The van der Waals surface area contributed by atoms with Crippen LogP contribution in [0.3, 0.4) is 0 Å². The molecule has 0 spiro atoms. The Morgan fingerprint density at radius 3 is 2.15 bits per heavy atom. The molecule has 0 aliphatic carbocycles. The summed E-state index contributed by atoms with van der Waals surface area (Å²) < 4.78 is 0. The summed E-state index contributed by atoms with van der Waals surface area (Å²) in [5.74, 6) is 0. The molecule has 0 bridgehead atoms. The second-order valence-corrected chi connectivity index (χ2v) is 3.21. The van der Waals surface area contributed by atoms with E-state index in [-0.39, 0.29) is 11.0 Å². The van der Waals surface area contributed by atoms with Crippen molar-refractivity contribution in [1.82, 2.24) is 4.90 Å². The van der Waals surface area contributed by atoms with Crippen molar-refractivity contribution in [3.63, 3.8) is 0 Å². The maximum absolute atomic E-state index is 10.6. The number of likely N-dealkylation sites (N-methyl/N-ethyl adjacent to an activating group) is 1. The van der Waals surface area contributed by atoms with Crippen LogP contribution in [0.2, 0.25) is 0 Å². The van der Waals surface area contributed by atoms with E-state index in [1.807, 2.05) is 20.8 Å². The minimum absolute atomic E-state index is 0.151. The topological polar surface area (TPSA) is 46.4 Å². The fourth-order valence-corrected chi connectivity index (χ4v) is 1.38. The maximum Gasteiger partial charge on any atom is 0.225 e. The van der Waals surface area contributed by atoms with E-state index >= 15 is 0 Å². The van der Waals surface area contributed by atoms with E-state index in [4.69, 9.17) is 0 Å². The Morgan fingerprint density at radius 1 is 1.31 bits per heavy atom. The number of hydrogen-bond donors (Lipinski definition) is 0. The molecular weight excluding hydrogens is 168 g/mol. The molecule has 0 aliphatic rings. The van der Waals surface area contributed by atoms with Crippen LogP contribution in [0.1, 0.15) is 33.6 Å². The standard InChI is InChI=1S/C9H20N2O2/c1-4-7-9(11(12)13)8-10(5-2)6-3/h9H,4-8H2,1-3H3. The number of rotatable bonds is 7. The minimum atomic E-state index is -0.384. The zero-order valence-corrected chi connectivity index (χ0v) is 8.82. The molecule has 1 atom stereocenters. The normalized spacial score (nSPS) is 13.2. The van der Waals surface area contributed by atoms with Crippen LogP contribution in [0.5, 0.6) is 0 Å². The van der Waals surface area contributed by atoms with Gasteiger partial charge >= 0.3 is 0 Å². The third-order valence-corrected chi connectivity index (χ3v) is 2.28. The van der Waals surface area contributed by atoms with Crippen LogP contribution in [0.15, 0.2) is 0 Å². The van der Waals surface area contributed by atoms with E-state index in [0.29, 0.717) is 13.0 Å². The van der Waals surface area contributed by atoms with Gasteiger partial charge in [0.25, 0.3) is 0 Å². The SMILES string of the molecule is CCCC(CN(CC)CC)[N+](=O)[O-]. The molecule has 0 aromatic carbocycles. The van der Waals surface area contributed by atoms with Gasteiger partial charge in [-0.25, -0.2) is 0 Å². The first-order valence-electron chi connectivity index (χ1n) is 5.01. The average Bonchev–Trinajstić information content (AvgIpc) is 2.11. The second-order valence-electron chi connectivity index (χ2n) is 3.21. The van der Waals surface area contributed by atoms with Crippen molar-refractivity contribution >= 4 is 0 Å². The number of nitrogens with zero attached hydrogens (tertiary/aromatic N) is 2.